The first-order valence-corrected chi connectivity index (χ1v) is 8.98. The lowest BCUT2D eigenvalue weighted by molar-refractivity contribution is -0.115. The van der Waals surface area contributed by atoms with E-state index < -0.39 is 0 Å². The molecule has 1 aliphatic heterocycles. The van der Waals surface area contributed by atoms with Crippen molar-refractivity contribution in [3.05, 3.63) is 46.4 Å². The number of aromatic nitrogens is 2. The van der Waals surface area contributed by atoms with E-state index in [2.05, 4.69) is 15.3 Å². The fraction of sp³-hybridized carbons (Fsp3) is 0.0588. The fourth-order valence-electron chi connectivity index (χ4n) is 2.53. The van der Waals surface area contributed by atoms with Crippen molar-refractivity contribution in [2.45, 2.75) is 0 Å². The highest BCUT2D eigenvalue weighted by Gasteiger charge is 2.23. The van der Waals surface area contributed by atoms with Gasteiger partial charge in [0, 0.05) is 41.2 Å². The van der Waals surface area contributed by atoms with Crippen LogP contribution in [-0.2, 0) is 4.79 Å². The number of methoxy groups -OCH3 is 1. The van der Waals surface area contributed by atoms with E-state index in [1.54, 1.807) is 30.7 Å². The zero-order chi connectivity index (χ0) is 18.3. The Morgan fingerprint density at radius 3 is 2.88 bits per heavy atom. The number of hydrogen-bond donors (Lipinski definition) is 1. The summed E-state index contributed by atoms with van der Waals surface area (Å²) >= 11 is 12.4. The normalized spacial score (nSPS) is 15.7. The predicted octanol–water partition coefficient (Wildman–Crippen LogP) is 4.04. The van der Waals surface area contributed by atoms with Gasteiger partial charge in [-0.3, -0.25) is 9.78 Å². The first-order valence-electron chi connectivity index (χ1n) is 7.37. The Hall–Kier alpha value is -2.42. The van der Waals surface area contributed by atoms with Crippen LogP contribution in [0.25, 0.3) is 28.2 Å². The van der Waals surface area contributed by atoms with Gasteiger partial charge in [-0.25, -0.2) is 4.98 Å². The maximum Gasteiger partial charge on any atom is 0.263 e. The van der Waals surface area contributed by atoms with Crippen LogP contribution in [0.3, 0.4) is 0 Å². The van der Waals surface area contributed by atoms with E-state index in [9.17, 15) is 4.79 Å². The van der Waals surface area contributed by atoms with Gasteiger partial charge in [0.05, 0.1) is 12.0 Å². The summed E-state index contributed by atoms with van der Waals surface area (Å²) in [5.74, 6) is 0.648. The molecule has 1 aliphatic rings. The summed E-state index contributed by atoms with van der Waals surface area (Å²) in [5, 5.41) is 3.76. The van der Waals surface area contributed by atoms with Crippen LogP contribution in [0.15, 0.2) is 40.0 Å². The average Bonchev–Trinajstić information content (AvgIpc) is 3.16. The number of furan rings is 1. The molecule has 0 bridgehead atoms. The second-order valence-corrected chi connectivity index (χ2v) is 7.45. The number of rotatable bonds is 3. The van der Waals surface area contributed by atoms with Crippen molar-refractivity contribution < 1.29 is 13.9 Å². The molecule has 0 unspecified atom stereocenters. The maximum atomic E-state index is 11.8. The van der Waals surface area contributed by atoms with E-state index in [0.717, 1.165) is 16.5 Å². The molecule has 0 atom stereocenters. The third kappa shape index (κ3) is 3.07. The van der Waals surface area contributed by atoms with Crippen molar-refractivity contribution in [3.8, 4) is 17.0 Å². The van der Waals surface area contributed by atoms with Crippen LogP contribution in [-0.4, -0.2) is 27.3 Å². The Labute approximate surface area is 162 Å². The second-order valence-electron chi connectivity index (χ2n) is 5.32. The summed E-state index contributed by atoms with van der Waals surface area (Å²) in [7, 11) is 1.51. The summed E-state index contributed by atoms with van der Waals surface area (Å²) < 4.78 is 11.4. The summed E-state index contributed by atoms with van der Waals surface area (Å²) in [6.45, 7) is 0. The number of fused-ring (bicyclic) bond motifs is 1. The number of halogens is 1. The molecule has 4 heterocycles. The summed E-state index contributed by atoms with van der Waals surface area (Å²) in [5.41, 5.74) is 2.11. The molecule has 0 aliphatic carbocycles. The van der Waals surface area contributed by atoms with Crippen LogP contribution < -0.4 is 10.1 Å². The van der Waals surface area contributed by atoms with Gasteiger partial charge in [-0.05, 0) is 12.1 Å². The third-order valence-corrected chi connectivity index (χ3v) is 5.10. The average molecular weight is 404 g/mol. The third-order valence-electron chi connectivity index (χ3n) is 3.67. The highest BCUT2D eigenvalue weighted by Crippen LogP contribution is 2.34. The topological polar surface area (TPSA) is 77.3 Å². The van der Waals surface area contributed by atoms with Gasteiger partial charge in [-0.2, -0.15) is 0 Å². The molecule has 1 amide bonds. The largest absolute Gasteiger partial charge is 0.480 e. The Kier molecular flexibility index (Phi) is 4.39. The molecule has 1 N–H and O–H groups in total. The number of carbonyl (C=O) groups excluding carboxylic acids is 1. The fourth-order valence-corrected chi connectivity index (χ4v) is 3.80. The summed E-state index contributed by atoms with van der Waals surface area (Å²) in [4.78, 5) is 20.7. The van der Waals surface area contributed by atoms with Crippen LogP contribution in [0.4, 0.5) is 0 Å². The van der Waals surface area contributed by atoms with Gasteiger partial charge in [0.25, 0.3) is 5.91 Å². The molecule has 1 saturated heterocycles. The lowest BCUT2D eigenvalue weighted by atomic mass is 10.1. The lowest BCUT2D eigenvalue weighted by Gasteiger charge is -2.05. The molecule has 6 nitrogen and oxygen atoms in total. The van der Waals surface area contributed by atoms with Gasteiger partial charge >= 0.3 is 0 Å². The molecule has 130 valence electrons. The number of ether oxygens (including phenoxy) is 1. The predicted molar refractivity (Wildman–Crippen MR) is 105 cm³/mol. The van der Waals surface area contributed by atoms with E-state index in [1.165, 1.54) is 18.9 Å². The molecule has 0 saturated carbocycles. The van der Waals surface area contributed by atoms with Crippen molar-refractivity contribution >= 4 is 62.9 Å². The van der Waals surface area contributed by atoms with Crippen molar-refractivity contribution in [3.63, 3.8) is 0 Å². The monoisotopic (exact) mass is 403 g/mol. The van der Waals surface area contributed by atoms with Crippen LogP contribution in [0.2, 0.25) is 5.02 Å². The second kappa shape index (κ2) is 6.71. The molecule has 3 aromatic rings. The summed E-state index contributed by atoms with van der Waals surface area (Å²) in [6.07, 6.45) is 6.66. The minimum atomic E-state index is -0.232. The quantitative estimate of drug-likeness (QED) is 0.522. The standard InChI is InChI=1S/C17H10ClN3O3S2/c1-23-16-12(18)3-8(6-20-16)11-7-19-5-9-2-10(24-14(9)11)4-13-15(22)21-17(25)26-13/h2-7H,1H3,(H,21,22,25)/b13-4-. The van der Waals surface area contributed by atoms with Crippen molar-refractivity contribution in [1.82, 2.24) is 15.3 Å². The molecular weight excluding hydrogens is 394 g/mol. The molecular formula is C17H10ClN3O3S2. The number of nitrogens with one attached hydrogen (secondary N) is 1. The Balaban J connectivity index is 1.79. The van der Waals surface area contributed by atoms with Crippen LogP contribution in [0.5, 0.6) is 5.88 Å². The molecule has 0 spiro atoms. The molecule has 9 heteroatoms. The minimum absolute atomic E-state index is 0.232. The number of nitrogens with zero attached hydrogens (tertiary/aromatic N) is 2. The Bertz CT molecular complexity index is 1090. The summed E-state index contributed by atoms with van der Waals surface area (Å²) in [6, 6.07) is 3.55. The zero-order valence-electron chi connectivity index (χ0n) is 13.3. The minimum Gasteiger partial charge on any atom is -0.480 e. The number of hydrogen-bond acceptors (Lipinski definition) is 7. The molecule has 4 rings (SSSR count). The first kappa shape index (κ1) is 17.0. The molecule has 26 heavy (non-hydrogen) atoms. The highest BCUT2D eigenvalue weighted by molar-refractivity contribution is 8.26. The van der Waals surface area contributed by atoms with E-state index in [0.29, 0.717) is 31.5 Å². The molecule has 1 fully saturated rings. The van der Waals surface area contributed by atoms with Gasteiger partial charge in [0.2, 0.25) is 5.88 Å². The number of carbonyl (C=O) groups is 1. The smallest absolute Gasteiger partial charge is 0.263 e. The molecule has 0 aromatic carbocycles. The van der Waals surface area contributed by atoms with Crippen LogP contribution >= 0.6 is 35.6 Å². The van der Waals surface area contributed by atoms with Crippen molar-refractivity contribution in [1.29, 1.82) is 0 Å². The number of thioether (sulfide) groups is 1. The van der Waals surface area contributed by atoms with E-state index in [4.69, 9.17) is 33.0 Å². The number of pyridine rings is 2. The van der Waals surface area contributed by atoms with Gasteiger partial charge in [0.1, 0.15) is 20.7 Å². The Morgan fingerprint density at radius 2 is 2.19 bits per heavy atom. The van der Waals surface area contributed by atoms with E-state index in [1.807, 2.05) is 6.07 Å². The SMILES string of the molecule is COc1ncc(-c2cncc3cc(/C=C4\SC(=S)NC4=O)oc23)cc1Cl. The zero-order valence-corrected chi connectivity index (χ0v) is 15.7. The number of amides is 1. The van der Waals surface area contributed by atoms with Gasteiger partial charge in [-0.15, -0.1) is 0 Å². The number of thiocarbonyl (C=S) groups is 1. The van der Waals surface area contributed by atoms with Gasteiger partial charge in [-0.1, -0.05) is 35.6 Å². The van der Waals surface area contributed by atoms with Crippen molar-refractivity contribution in [2.24, 2.45) is 0 Å². The molecule has 3 aromatic heterocycles. The van der Waals surface area contributed by atoms with Gasteiger partial charge in [0.15, 0.2) is 0 Å². The van der Waals surface area contributed by atoms with E-state index in [-0.39, 0.29) is 5.91 Å². The maximum absolute atomic E-state index is 11.8. The lowest BCUT2D eigenvalue weighted by Crippen LogP contribution is -2.17. The first-order chi connectivity index (χ1) is 12.5. The highest BCUT2D eigenvalue weighted by atomic mass is 35.5. The van der Waals surface area contributed by atoms with Crippen LogP contribution in [0, 0.1) is 0 Å². The van der Waals surface area contributed by atoms with Crippen LogP contribution in [0.1, 0.15) is 5.76 Å². The van der Waals surface area contributed by atoms with Crippen molar-refractivity contribution in [2.75, 3.05) is 7.11 Å². The van der Waals surface area contributed by atoms with Gasteiger partial charge < -0.3 is 14.5 Å². The van der Waals surface area contributed by atoms with E-state index >= 15 is 0 Å². The molecule has 0 radical (unpaired) electrons. The Morgan fingerprint density at radius 1 is 1.35 bits per heavy atom.